The lowest BCUT2D eigenvalue weighted by Gasteiger charge is -2.13. The zero-order chi connectivity index (χ0) is 17.8. The minimum absolute atomic E-state index is 0.132. The van der Waals surface area contributed by atoms with Gasteiger partial charge in [-0.25, -0.2) is 9.37 Å². The monoisotopic (exact) mass is 374 g/mol. The number of halogens is 2. The minimum Gasteiger partial charge on any atom is -0.349 e. The molecule has 1 aromatic heterocycles. The standard InChI is InChI=1S/C19H16ClFN2OS/c1-12(13-6-8-14(21)9-7-13)22-18(24)10-15-11-25-19(23-15)16-4-2-3-5-17(16)20/h2-9,11-12H,10H2,1H3,(H,22,24). The van der Waals surface area contributed by atoms with Crippen molar-refractivity contribution in [3.05, 3.63) is 76.0 Å². The van der Waals surface area contributed by atoms with E-state index in [1.807, 2.05) is 36.6 Å². The van der Waals surface area contributed by atoms with Gasteiger partial charge in [0.1, 0.15) is 10.8 Å². The number of carbonyl (C=O) groups is 1. The predicted molar refractivity (Wildman–Crippen MR) is 99.2 cm³/mol. The van der Waals surface area contributed by atoms with Crippen LogP contribution in [0.2, 0.25) is 5.02 Å². The lowest BCUT2D eigenvalue weighted by Crippen LogP contribution is -2.28. The van der Waals surface area contributed by atoms with Crippen molar-refractivity contribution >= 4 is 28.8 Å². The summed E-state index contributed by atoms with van der Waals surface area (Å²) < 4.78 is 13.0. The summed E-state index contributed by atoms with van der Waals surface area (Å²) in [4.78, 5) is 16.7. The highest BCUT2D eigenvalue weighted by molar-refractivity contribution is 7.13. The van der Waals surface area contributed by atoms with E-state index in [9.17, 15) is 9.18 Å². The van der Waals surface area contributed by atoms with Gasteiger partial charge in [-0.1, -0.05) is 41.9 Å². The van der Waals surface area contributed by atoms with E-state index in [1.165, 1.54) is 23.5 Å². The molecule has 3 nitrogen and oxygen atoms in total. The van der Waals surface area contributed by atoms with Crippen LogP contribution in [-0.2, 0) is 11.2 Å². The van der Waals surface area contributed by atoms with E-state index in [0.717, 1.165) is 16.1 Å². The highest BCUT2D eigenvalue weighted by atomic mass is 35.5. The third-order valence-corrected chi connectivity index (χ3v) is 5.00. The molecule has 1 amide bonds. The Balaban J connectivity index is 1.64. The molecule has 0 aliphatic rings. The molecule has 128 valence electrons. The van der Waals surface area contributed by atoms with Crippen LogP contribution in [0.5, 0.6) is 0 Å². The molecular formula is C19H16ClFN2OS. The van der Waals surface area contributed by atoms with Crippen molar-refractivity contribution in [2.24, 2.45) is 0 Å². The van der Waals surface area contributed by atoms with Gasteiger partial charge in [0, 0.05) is 10.9 Å². The zero-order valence-corrected chi connectivity index (χ0v) is 15.1. The number of hydrogen-bond donors (Lipinski definition) is 1. The molecule has 3 rings (SSSR count). The van der Waals surface area contributed by atoms with E-state index in [1.54, 1.807) is 12.1 Å². The van der Waals surface area contributed by atoms with E-state index in [2.05, 4.69) is 10.3 Å². The first-order valence-corrected chi connectivity index (χ1v) is 9.03. The maximum atomic E-state index is 13.0. The number of aromatic nitrogens is 1. The van der Waals surface area contributed by atoms with E-state index in [-0.39, 0.29) is 24.2 Å². The Morgan fingerprint density at radius 2 is 1.96 bits per heavy atom. The number of amides is 1. The van der Waals surface area contributed by atoms with Crippen LogP contribution in [0.3, 0.4) is 0 Å². The first-order chi connectivity index (χ1) is 12.0. The average molecular weight is 375 g/mol. The number of nitrogens with one attached hydrogen (secondary N) is 1. The molecular weight excluding hydrogens is 359 g/mol. The molecule has 0 saturated carbocycles. The fourth-order valence-corrected chi connectivity index (χ4v) is 3.58. The topological polar surface area (TPSA) is 42.0 Å². The number of carbonyl (C=O) groups excluding carboxylic acids is 1. The Hall–Kier alpha value is -2.24. The van der Waals surface area contributed by atoms with Gasteiger partial charge in [0.15, 0.2) is 0 Å². The molecule has 1 heterocycles. The third kappa shape index (κ3) is 4.44. The van der Waals surface area contributed by atoms with Crippen LogP contribution in [0, 0.1) is 5.82 Å². The van der Waals surface area contributed by atoms with Crippen molar-refractivity contribution in [1.29, 1.82) is 0 Å². The van der Waals surface area contributed by atoms with Crippen molar-refractivity contribution in [3.8, 4) is 10.6 Å². The second kappa shape index (κ2) is 7.76. The second-order valence-corrected chi connectivity index (χ2v) is 6.91. The molecule has 0 radical (unpaired) electrons. The summed E-state index contributed by atoms with van der Waals surface area (Å²) >= 11 is 7.64. The highest BCUT2D eigenvalue weighted by Crippen LogP contribution is 2.30. The fraction of sp³-hybridized carbons (Fsp3) is 0.158. The molecule has 3 aromatic rings. The summed E-state index contributed by atoms with van der Waals surface area (Å²) in [5, 5.41) is 6.19. The molecule has 1 atom stereocenters. The summed E-state index contributed by atoms with van der Waals surface area (Å²) in [6.07, 6.45) is 0.187. The Bertz CT molecular complexity index is 879. The molecule has 1 unspecified atom stereocenters. The van der Waals surface area contributed by atoms with E-state index < -0.39 is 0 Å². The Kier molecular flexibility index (Phi) is 5.46. The minimum atomic E-state index is -0.295. The predicted octanol–water partition coefficient (Wildman–Crippen LogP) is 5.02. The highest BCUT2D eigenvalue weighted by Gasteiger charge is 2.13. The smallest absolute Gasteiger partial charge is 0.226 e. The van der Waals surface area contributed by atoms with Gasteiger partial charge in [-0.05, 0) is 30.7 Å². The summed E-state index contributed by atoms with van der Waals surface area (Å²) in [6.45, 7) is 1.86. The van der Waals surface area contributed by atoms with Gasteiger partial charge in [-0.3, -0.25) is 4.79 Å². The number of nitrogens with zero attached hydrogens (tertiary/aromatic N) is 1. The molecule has 6 heteroatoms. The molecule has 25 heavy (non-hydrogen) atoms. The van der Waals surface area contributed by atoms with Crippen LogP contribution < -0.4 is 5.32 Å². The van der Waals surface area contributed by atoms with Gasteiger partial charge >= 0.3 is 0 Å². The zero-order valence-electron chi connectivity index (χ0n) is 13.5. The summed E-state index contributed by atoms with van der Waals surface area (Å²) in [5.74, 6) is -0.426. The molecule has 0 saturated heterocycles. The Morgan fingerprint density at radius 1 is 1.24 bits per heavy atom. The van der Waals surface area contributed by atoms with Crippen molar-refractivity contribution in [3.63, 3.8) is 0 Å². The maximum absolute atomic E-state index is 13.0. The molecule has 1 N–H and O–H groups in total. The van der Waals surface area contributed by atoms with Crippen LogP contribution in [-0.4, -0.2) is 10.9 Å². The van der Waals surface area contributed by atoms with Crippen molar-refractivity contribution in [2.45, 2.75) is 19.4 Å². The van der Waals surface area contributed by atoms with Crippen LogP contribution in [0.4, 0.5) is 4.39 Å². The summed E-state index contributed by atoms with van der Waals surface area (Å²) in [7, 11) is 0. The lowest BCUT2D eigenvalue weighted by atomic mass is 10.1. The maximum Gasteiger partial charge on any atom is 0.226 e. The summed E-state index contributed by atoms with van der Waals surface area (Å²) in [6, 6.07) is 13.4. The van der Waals surface area contributed by atoms with Gasteiger partial charge in [-0.2, -0.15) is 0 Å². The average Bonchev–Trinajstić information content (AvgIpc) is 3.03. The molecule has 0 bridgehead atoms. The normalized spacial score (nSPS) is 12.0. The van der Waals surface area contributed by atoms with Gasteiger partial charge in [0.2, 0.25) is 5.91 Å². The van der Waals surface area contributed by atoms with Crippen LogP contribution in [0.1, 0.15) is 24.2 Å². The van der Waals surface area contributed by atoms with Crippen molar-refractivity contribution in [2.75, 3.05) is 0 Å². The molecule has 2 aromatic carbocycles. The third-order valence-electron chi connectivity index (χ3n) is 3.75. The van der Waals surface area contributed by atoms with Gasteiger partial charge in [-0.15, -0.1) is 11.3 Å². The molecule has 0 aliphatic heterocycles. The second-order valence-electron chi connectivity index (χ2n) is 5.64. The summed E-state index contributed by atoms with van der Waals surface area (Å²) in [5.41, 5.74) is 2.41. The number of hydrogen-bond acceptors (Lipinski definition) is 3. The number of benzene rings is 2. The van der Waals surface area contributed by atoms with Crippen molar-refractivity contribution in [1.82, 2.24) is 10.3 Å². The quantitative estimate of drug-likeness (QED) is 0.681. The first-order valence-electron chi connectivity index (χ1n) is 7.77. The lowest BCUT2D eigenvalue weighted by molar-refractivity contribution is -0.121. The fourth-order valence-electron chi connectivity index (χ4n) is 2.44. The Morgan fingerprint density at radius 3 is 2.68 bits per heavy atom. The largest absolute Gasteiger partial charge is 0.349 e. The van der Waals surface area contributed by atoms with E-state index in [0.29, 0.717) is 10.7 Å². The number of rotatable bonds is 5. The Labute approximate surface area is 154 Å². The van der Waals surface area contributed by atoms with E-state index >= 15 is 0 Å². The van der Waals surface area contributed by atoms with Crippen molar-refractivity contribution < 1.29 is 9.18 Å². The molecule has 0 fully saturated rings. The van der Waals surface area contributed by atoms with Crippen LogP contribution in [0.25, 0.3) is 10.6 Å². The first kappa shape index (κ1) is 17.6. The molecule has 0 spiro atoms. The van der Waals surface area contributed by atoms with Gasteiger partial charge in [0.25, 0.3) is 0 Å². The number of thiazole rings is 1. The SMILES string of the molecule is CC(NC(=O)Cc1csc(-c2ccccc2Cl)n1)c1ccc(F)cc1. The van der Waals surface area contributed by atoms with Gasteiger partial charge in [0.05, 0.1) is 23.2 Å². The van der Waals surface area contributed by atoms with Crippen LogP contribution >= 0.6 is 22.9 Å². The van der Waals surface area contributed by atoms with E-state index in [4.69, 9.17) is 11.6 Å². The molecule has 0 aliphatic carbocycles. The van der Waals surface area contributed by atoms with Crippen LogP contribution in [0.15, 0.2) is 53.9 Å². The van der Waals surface area contributed by atoms with Gasteiger partial charge < -0.3 is 5.32 Å².